The van der Waals surface area contributed by atoms with Crippen molar-refractivity contribution in [3.05, 3.63) is 42.5 Å². The minimum absolute atomic E-state index is 1.64. The molecule has 0 atom stereocenters. The van der Waals surface area contributed by atoms with Gasteiger partial charge in [-0.3, -0.25) is 0 Å². The SMILES string of the molecule is C=C=C=CC=C=C. The van der Waals surface area contributed by atoms with Gasteiger partial charge in [-0.25, -0.2) is 0 Å². The van der Waals surface area contributed by atoms with Crippen LogP contribution in [-0.4, -0.2) is 0 Å². The van der Waals surface area contributed by atoms with Crippen molar-refractivity contribution in [3.8, 4) is 0 Å². The minimum Gasteiger partial charge on any atom is -0.128 e. The van der Waals surface area contributed by atoms with Crippen LogP contribution >= 0.6 is 0 Å². The zero-order chi connectivity index (χ0) is 5.54. The van der Waals surface area contributed by atoms with Crippen molar-refractivity contribution in [3.63, 3.8) is 0 Å². The van der Waals surface area contributed by atoms with Gasteiger partial charge >= 0.3 is 0 Å². The first-order chi connectivity index (χ1) is 3.41. The summed E-state index contributed by atoms with van der Waals surface area (Å²) >= 11 is 0. The summed E-state index contributed by atoms with van der Waals surface area (Å²) in [4.78, 5) is 0. The van der Waals surface area contributed by atoms with Crippen LogP contribution in [0.1, 0.15) is 0 Å². The monoisotopic (exact) mass is 90.0 g/mol. The lowest BCUT2D eigenvalue weighted by Gasteiger charge is -1.51. The summed E-state index contributed by atoms with van der Waals surface area (Å²) in [7, 11) is 0. The molecule has 0 aliphatic carbocycles. The summed E-state index contributed by atoms with van der Waals surface area (Å²) in [6.07, 6.45) is 3.28. The van der Waals surface area contributed by atoms with Gasteiger partial charge in [0.1, 0.15) is 0 Å². The van der Waals surface area contributed by atoms with Gasteiger partial charge in [-0.1, -0.05) is 18.0 Å². The minimum atomic E-state index is 1.64. The standard InChI is InChI=1S/C7H6/c1-3-5-7-6-4-2/h5,7H,1-2H2. The maximum atomic E-state index is 3.33. The average molecular weight is 90.1 g/mol. The Morgan fingerprint density at radius 1 is 1.14 bits per heavy atom. The highest BCUT2D eigenvalue weighted by Gasteiger charge is 1.43. The molecule has 7 heavy (non-hydrogen) atoms. The third-order valence-corrected chi connectivity index (χ3v) is 0.387. The molecular formula is C7H6. The third kappa shape index (κ3) is 4.82. The van der Waals surface area contributed by atoms with E-state index in [-0.39, 0.29) is 0 Å². The normalized spacial score (nSPS) is 4.57. The van der Waals surface area contributed by atoms with Crippen LogP contribution in [0.3, 0.4) is 0 Å². The van der Waals surface area contributed by atoms with E-state index in [9.17, 15) is 0 Å². The molecule has 0 nitrogen and oxygen atoms in total. The van der Waals surface area contributed by atoms with E-state index in [2.05, 4.69) is 30.4 Å². The molecule has 0 aliphatic heterocycles. The Balaban J connectivity index is 3.96. The molecule has 0 bridgehead atoms. The van der Waals surface area contributed by atoms with Gasteiger partial charge in [0.2, 0.25) is 0 Å². The topological polar surface area (TPSA) is 0 Å². The quantitative estimate of drug-likeness (QED) is 0.340. The molecule has 34 valence electrons. The Kier molecular flexibility index (Phi) is 4.01. The van der Waals surface area contributed by atoms with E-state index in [1.54, 1.807) is 12.2 Å². The van der Waals surface area contributed by atoms with Gasteiger partial charge in [-0.2, -0.15) is 0 Å². The Bertz CT molecular complexity index is 156. The number of allylic oxidation sites excluding steroid dienone is 2. The van der Waals surface area contributed by atoms with Crippen LogP contribution < -0.4 is 0 Å². The summed E-state index contributed by atoms with van der Waals surface area (Å²) in [5.74, 6) is 0. The molecule has 0 saturated carbocycles. The van der Waals surface area contributed by atoms with Crippen molar-refractivity contribution in [1.29, 1.82) is 0 Å². The molecule has 0 spiro atoms. The highest BCUT2D eigenvalue weighted by molar-refractivity contribution is 4.98. The van der Waals surface area contributed by atoms with Gasteiger partial charge in [0.15, 0.2) is 0 Å². The molecule has 0 radical (unpaired) electrons. The average Bonchev–Trinajstić information content (AvgIpc) is 1.69. The van der Waals surface area contributed by atoms with Crippen molar-refractivity contribution in [2.24, 2.45) is 0 Å². The van der Waals surface area contributed by atoms with Crippen LogP contribution in [0.4, 0.5) is 0 Å². The summed E-state index contributed by atoms with van der Waals surface area (Å²) in [6.45, 7) is 6.63. The van der Waals surface area contributed by atoms with Crippen molar-refractivity contribution in [2.75, 3.05) is 0 Å². The fourth-order valence-electron chi connectivity index (χ4n) is 0.160. The predicted octanol–water partition coefficient (Wildman–Crippen LogP) is 1.82. The first-order valence-electron chi connectivity index (χ1n) is 1.87. The summed E-state index contributed by atoms with van der Waals surface area (Å²) in [5.41, 5.74) is 7.59. The van der Waals surface area contributed by atoms with E-state index in [1.165, 1.54) is 0 Å². The van der Waals surface area contributed by atoms with Crippen LogP contribution in [0.25, 0.3) is 0 Å². The Hall–Kier alpha value is -1.18. The second kappa shape index (κ2) is 4.82. The van der Waals surface area contributed by atoms with Crippen LogP contribution in [0.15, 0.2) is 42.5 Å². The van der Waals surface area contributed by atoms with Gasteiger partial charge in [0.25, 0.3) is 0 Å². The smallest absolute Gasteiger partial charge is 0.00385 e. The number of hydrogen-bond acceptors (Lipinski definition) is 0. The molecule has 0 aromatic heterocycles. The molecule has 0 rings (SSSR count). The zero-order valence-electron chi connectivity index (χ0n) is 4.07. The van der Waals surface area contributed by atoms with Gasteiger partial charge in [-0.05, 0) is 18.7 Å². The van der Waals surface area contributed by atoms with E-state index in [0.29, 0.717) is 0 Å². The van der Waals surface area contributed by atoms with Crippen LogP contribution in [0, 0.1) is 0 Å². The van der Waals surface area contributed by atoms with Gasteiger partial charge < -0.3 is 0 Å². The Morgan fingerprint density at radius 2 is 1.86 bits per heavy atom. The molecule has 0 amide bonds. The van der Waals surface area contributed by atoms with E-state index in [0.717, 1.165) is 0 Å². The van der Waals surface area contributed by atoms with Crippen molar-refractivity contribution >= 4 is 0 Å². The fourth-order valence-corrected chi connectivity index (χ4v) is 0.160. The largest absolute Gasteiger partial charge is 0.128 e. The fraction of sp³-hybridized carbons (Fsp3) is 0. The highest BCUT2D eigenvalue weighted by Crippen LogP contribution is 1.62. The molecule has 0 aliphatic rings. The van der Waals surface area contributed by atoms with Crippen LogP contribution in [0.5, 0.6) is 0 Å². The second-order valence-corrected chi connectivity index (χ2v) is 0.859. The van der Waals surface area contributed by atoms with E-state index in [1.807, 2.05) is 0 Å². The molecule has 0 saturated heterocycles. The zero-order valence-corrected chi connectivity index (χ0v) is 4.07. The second-order valence-electron chi connectivity index (χ2n) is 0.859. The first kappa shape index (κ1) is 5.82. The maximum absolute atomic E-state index is 3.33. The van der Waals surface area contributed by atoms with Crippen molar-refractivity contribution in [1.82, 2.24) is 0 Å². The number of hydrogen-bond donors (Lipinski definition) is 0. The molecule has 0 fully saturated rings. The first-order valence-corrected chi connectivity index (χ1v) is 1.87. The van der Waals surface area contributed by atoms with Crippen LogP contribution in [-0.2, 0) is 0 Å². The molecule has 0 aromatic carbocycles. The lowest BCUT2D eigenvalue weighted by molar-refractivity contribution is 2.05. The lowest BCUT2D eigenvalue weighted by Crippen LogP contribution is -1.31. The number of rotatable bonds is 1. The summed E-state index contributed by atoms with van der Waals surface area (Å²) in [6, 6.07) is 0. The molecular weight excluding hydrogens is 84.1 g/mol. The predicted molar refractivity (Wildman–Crippen MR) is 30.9 cm³/mol. The van der Waals surface area contributed by atoms with E-state index < -0.39 is 0 Å². The van der Waals surface area contributed by atoms with Gasteiger partial charge in [0, 0.05) is 0 Å². The van der Waals surface area contributed by atoms with Crippen LogP contribution in [0.2, 0.25) is 0 Å². The molecule has 0 unspecified atom stereocenters. The van der Waals surface area contributed by atoms with E-state index >= 15 is 0 Å². The van der Waals surface area contributed by atoms with Gasteiger partial charge in [0.05, 0.1) is 0 Å². The van der Waals surface area contributed by atoms with Gasteiger partial charge in [-0.15, -0.1) is 5.73 Å². The molecule has 0 heterocycles. The maximum Gasteiger partial charge on any atom is -0.00385 e. The molecule has 0 aromatic rings. The van der Waals surface area contributed by atoms with E-state index in [4.69, 9.17) is 0 Å². The summed E-state index contributed by atoms with van der Waals surface area (Å²) in [5, 5.41) is 0. The lowest BCUT2D eigenvalue weighted by atomic mass is 10.5. The van der Waals surface area contributed by atoms with Crippen molar-refractivity contribution in [2.45, 2.75) is 0 Å². The van der Waals surface area contributed by atoms with Crippen molar-refractivity contribution < 1.29 is 0 Å². The summed E-state index contributed by atoms with van der Waals surface area (Å²) < 4.78 is 0. The molecule has 0 heteroatoms. The highest BCUT2D eigenvalue weighted by atomic mass is 13.5. The third-order valence-electron chi connectivity index (χ3n) is 0.387. The Morgan fingerprint density at radius 3 is 2.29 bits per heavy atom. The Labute approximate surface area is 43.5 Å². The molecule has 0 N–H and O–H groups in total.